The Morgan fingerprint density at radius 3 is 2.63 bits per heavy atom. The Bertz CT molecular complexity index is 914. The standard InChI is InChI=1S/C18H18N6O2S/c1-19-17(26)21-15(25)12-27-18-23-22-16(14-8-5-9-20-10-14)24(18)11-13-6-3-2-4-7-13/h2-10H,11-12H2,1H3,(H2,19,21,25,26). The van der Waals surface area contributed by atoms with Gasteiger partial charge in [0.1, 0.15) is 0 Å². The number of benzene rings is 1. The number of hydrogen-bond acceptors (Lipinski definition) is 6. The Balaban J connectivity index is 1.84. The molecule has 2 aromatic heterocycles. The lowest BCUT2D eigenvalue weighted by Crippen LogP contribution is -2.38. The van der Waals surface area contributed by atoms with Gasteiger partial charge in [0.2, 0.25) is 5.91 Å². The van der Waals surface area contributed by atoms with E-state index in [1.807, 2.05) is 47.0 Å². The van der Waals surface area contributed by atoms with Gasteiger partial charge in [0.05, 0.1) is 12.3 Å². The molecule has 27 heavy (non-hydrogen) atoms. The molecule has 0 spiro atoms. The number of carbonyl (C=O) groups excluding carboxylic acids is 2. The molecule has 0 unspecified atom stereocenters. The van der Waals surface area contributed by atoms with E-state index < -0.39 is 11.9 Å². The highest BCUT2D eigenvalue weighted by molar-refractivity contribution is 7.99. The van der Waals surface area contributed by atoms with Crippen LogP contribution in [0.25, 0.3) is 11.4 Å². The molecule has 0 aliphatic heterocycles. The second kappa shape index (κ2) is 8.95. The van der Waals surface area contributed by atoms with Crippen LogP contribution in [0.1, 0.15) is 5.56 Å². The smallest absolute Gasteiger partial charge is 0.321 e. The van der Waals surface area contributed by atoms with E-state index in [2.05, 4.69) is 25.8 Å². The summed E-state index contributed by atoms with van der Waals surface area (Å²) < 4.78 is 1.93. The summed E-state index contributed by atoms with van der Waals surface area (Å²) in [6.45, 7) is 0.553. The summed E-state index contributed by atoms with van der Waals surface area (Å²) in [6.07, 6.45) is 3.42. The zero-order valence-electron chi connectivity index (χ0n) is 14.6. The van der Waals surface area contributed by atoms with E-state index >= 15 is 0 Å². The summed E-state index contributed by atoms with van der Waals surface area (Å²) in [5.74, 6) is 0.311. The first-order valence-corrected chi connectivity index (χ1v) is 9.18. The fourth-order valence-corrected chi connectivity index (χ4v) is 3.11. The summed E-state index contributed by atoms with van der Waals surface area (Å²) in [7, 11) is 1.45. The normalized spacial score (nSPS) is 10.4. The van der Waals surface area contributed by atoms with E-state index in [0.29, 0.717) is 17.5 Å². The third kappa shape index (κ3) is 4.91. The quantitative estimate of drug-likeness (QED) is 0.632. The molecule has 9 heteroatoms. The molecule has 3 rings (SSSR count). The maximum atomic E-state index is 11.9. The minimum absolute atomic E-state index is 0.0490. The zero-order valence-corrected chi connectivity index (χ0v) is 15.4. The van der Waals surface area contributed by atoms with Gasteiger partial charge in [-0.25, -0.2) is 4.79 Å². The molecular formula is C18H18N6O2S. The van der Waals surface area contributed by atoms with Gasteiger partial charge in [0, 0.05) is 25.0 Å². The van der Waals surface area contributed by atoms with Crippen molar-refractivity contribution in [2.45, 2.75) is 11.7 Å². The summed E-state index contributed by atoms with van der Waals surface area (Å²) in [6, 6.07) is 13.1. The molecule has 2 heterocycles. The fraction of sp³-hybridized carbons (Fsp3) is 0.167. The minimum atomic E-state index is -0.539. The van der Waals surface area contributed by atoms with Crippen molar-refractivity contribution >= 4 is 23.7 Å². The van der Waals surface area contributed by atoms with Gasteiger partial charge in [-0.1, -0.05) is 42.1 Å². The van der Waals surface area contributed by atoms with Gasteiger partial charge >= 0.3 is 6.03 Å². The molecule has 2 N–H and O–H groups in total. The van der Waals surface area contributed by atoms with Crippen LogP contribution in [0.5, 0.6) is 0 Å². The number of urea groups is 1. The van der Waals surface area contributed by atoms with Crippen molar-refractivity contribution in [1.82, 2.24) is 30.4 Å². The van der Waals surface area contributed by atoms with Crippen LogP contribution in [0.2, 0.25) is 0 Å². The van der Waals surface area contributed by atoms with E-state index in [9.17, 15) is 9.59 Å². The van der Waals surface area contributed by atoms with E-state index in [-0.39, 0.29) is 5.75 Å². The van der Waals surface area contributed by atoms with Crippen molar-refractivity contribution in [2.75, 3.05) is 12.8 Å². The van der Waals surface area contributed by atoms with Crippen LogP contribution in [0.4, 0.5) is 4.79 Å². The molecule has 3 amide bonds. The average Bonchev–Trinajstić information content (AvgIpc) is 3.10. The van der Waals surface area contributed by atoms with Crippen molar-refractivity contribution < 1.29 is 9.59 Å². The Kier molecular flexibility index (Phi) is 6.16. The first-order valence-electron chi connectivity index (χ1n) is 8.19. The number of nitrogens with zero attached hydrogens (tertiary/aromatic N) is 4. The lowest BCUT2D eigenvalue weighted by molar-refractivity contribution is -0.117. The number of rotatable bonds is 6. The van der Waals surface area contributed by atoms with Crippen LogP contribution in [0.3, 0.4) is 0 Å². The molecule has 0 fully saturated rings. The number of hydrogen-bond donors (Lipinski definition) is 2. The predicted molar refractivity (Wildman–Crippen MR) is 102 cm³/mol. The first kappa shape index (κ1) is 18.6. The van der Waals surface area contributed by atoms with Gasteiger partial charge in [-0.3, -0.25) is 19.7 Å². The van der Waals surface area contributed by atoms with Crippen LogP contribution in [0.15, 0.2) is 60.0 Å². The van der Waals surface area contributed by atoms with Crippen molar-refractivity contribution in [3.8, 4) is 11.4 Å². The van der Waals surface area contributed by atoms with Gasteiger partial charge in [0.25, 0.3) is 0 Å². The Morgan fingerprint density at radius 2 is 1.93 bits per heavy atom. The third-order valence-electron chi connectivity index (χ3n) is 3.63. The number of aromatic nitrogens is 4. The number of amides is 3. The highest BCUT2D eigenvalue weighted by atomic mass is 32.2. The van der Waals surface area contributed by atoms with Crippen LogP contribution < -0.4 is 10.6 Å². The topological polar surface area (TPSA) is 102 Å². The highest BCUT2D eigenvalue weighted by Gasteiger charge is 2.16. The van der Waals surface area contributed by atoms with Gasteiger partial charge < -0.3 is 5.32 Å². The predicted octanol–water partition coefficient (Wildman–Crippen LogP) is 1.94. The van der Waals surface area contributed by atoms with Crippen molar-refractivity contribution in [3.05, 3.63) is 60.4 Å². The van der Waals surface area contributed by atoms with Crippen LogP contribution in [0, 0.1) is 0 Å². The molecule has 0 atom stereocenters. The number of carbonyl (C=O) groups is 2. The summed E-state index contributed by atoms with van der Waals surface area (Å²) in [4.78, 5) is 27.2. The maximum Gasteiger partial charge on any atom is 0.321 e. The molecule has 0 bridgehead atoms. The van der Waals surface area contributed by atoms with Gasteiger partial charge in [-0.15, -0.1) is 10.2 Å². The molecule has 0 aliphatic carbocycles. The molecule has 0 aliphatic rings. The van der Waals surface area contributed by atoms with Crippen molar-refractivity contribution in [1.29, 1.82) is 0 Å². The highest BCUT2D eigenvalue weighted by Crippen LogP contribution is 2.24. The third-order valence-corrected chi connectivity index (χ3v) is 4.60. The fourth-order valence-electron chi connectivity index (χ4n) is 2.37. The lowest BCUT2D eigenvalue weighted by atomic mass is 10.2. The molecule has 1 aromatic carbocycles. The number of imide groups is 1. The lowest BCUT2D eigenvalue weighted by Gasteiger charge is -2.10. The van der Waals surface area contributed by atoms with E-state index in [4.69, 9.17) is 0 Å². The van der Waals surface area contributed by atoms with E-state index in [1.165, 1.54) is 18.8 Å². The molecule has 0 radical (unpaired) electrons. The van der Waals surface area contributed by atoms with Crippen LogP contribution >= 0.6 is 11.8 Å². The number of nitrogens with one attached hydrogen (secondary N) is 2. The van der Waals surface area contributed by atoms with Crippen molar-refractivity contribution in [2.24, 2.45) is 0 Å². The second-order valence-electron chi connectivity index (χ2n) is 5.54. The molecule has 0 saturated heterocycles. The van der Waals surface area contributed by atoms with Crippen LogP contribution in [-0.4, -0.2) is 44.5 Å². The van der Waals surface area contributed by atoms with Gasteiger partial charge in [-0.05, 0) is 17.7 Å². The van der Waals surface area contributed by atoms with Gasteiger partial charge in [-0.2, -0.15) is 0 Å². The Labute approximate surface area is 160 Å². The molecule has 138 valence electrons. The molecular weight excluding hydrogens is 364 g/mol. The van der Waals surface area contributed by atoms with Crippen molar-refractivity contribution in [3.63, 3.8) is 0 Å². The average molecular weight is 382 g/mol. The van der Waals surface area contributed by atoms with E-state index in [1.54, 1.807) is 12.4 Å². The summed E-state index contributed by atoms with van der Waals surface area (Å²) in [5.41, 5.74) is 1.92. The number of thioether (sulfide) groups is 1. The maximum absolute atomic E-state index is 11.9. The van der Waals surface area contributed by atoms with E-state index in [0.717, 1.165) is 11.1 Å². The molecule has 8 nitrogen and oxygen atoms in total. The first-order chi connectivity index (χ1) is 13.2. The minimum Gasteiger partial charge on any atom is -0.341 e. The number of pyridine rings is 1. The molecule has 3 aromatic rings. The van der Waals surface area contributed by atoms with Gasteiger partial charge in [0.15, 0.2) is 11.0 Å². The SMILES string of the molecule is CNC(=O)NC(=O)CSc1nnc(-c2cccnc2)n1Cc1ccccc1. The largest absolute Gasteiger partial charge is 0.341 e. The Hall–Kier alpha value is -3.20. The summed E-state index contributed by atoms with van der Waals surface area (Å²) >= 11 is 1.22. The second-order valence-corrected chi connectivity index (χ2v) is 6.48. The monoisotopic (exact) mass is 382 g/mol. The molecule has 0 saturated carbocycles. The summed E-state index contributed by atoms with van der Waals surface area (Å²) in [5, 5.41) is 13.7. The van der Waals surface area contributed by atoms with Crippen LogP contribution in [-0.2, 0) is 11.3 Å². The Morgan fingerprint density at radius 1 is 1.11 bits per heavy atom. The zero-order chi connectivity index (χ0) is 19.1.